The van der Waals surface area contributed by atoms with Crippen molar-refractivity contribution < 1.29 is 18.4 Å². The van der Waals surface area contributed by atoms with Gasteiger partial charge < -0.3 is 4.57 Å². The van der Waals surface area contributed by atoms with Crippen LogP contribution in [-0.4, -0.2) is 27.1 Å². The van der Waals surface area contributed by atoms with Crippen LogP contribution in [0, 0.1) is 34.8 Å². The van der Waals surface area contributed by atoms with E-state index in [4.69, 9.17) is 10.1 Å². The summed E-state index contributed by atoms with van der Waals surface area (Å²) in [7, 11) is 0. The third-order valence-corrected chi connectivity index (χ3v) is 6.79. The molecular formula is C25H24F2N4O2. The van der Waals surface area contributed by atoms with E-state index in [9.17, 15) is 13.6 Å². The van der Waals surface area contributed by atoms with Crippen molar-refractivity contribution in [1.29, 1.82) is 5.26 Å². The quantitative estimate of drug-likeness (QED) is 0.567. The summed E-state index contributed by atoms with van der Waals surface area (Å²) in [6.07, 6.45) is 7.38. The predicted octanol–water partition coefficient (Wildman–Crippen LogP) is 4.90. The Kier molecular flexibility index (Phi) is 5.81. The van der Waals surface area contributed by atoms with Gasteiger partial charge in [0.2, 0.25) is 5.91 Å². The second kappa shape index (κ2) is 8.91. The van der Waals surface area contributed by atoms with Gasteiger partial charge in [-0.15, -0.1) is 0 Å². The molecule has 6 nitrogen and oxygen atoms in total. The lowest BCUT2D eigenvalue weighted by molar-refractivity contribution is -0.183. The number of hydroxylamine groups is 2. The van der Waals surface area contributed by atoms with E-state index in [2.05, 4.69) is 15.6 Å². The fraction of sp³-hybridized carbons (Fsp3) is 0.400. The third-order valence-electron chi connectivity index (χ3n) is 6.79. The molecule has 2 aliphatic rings. The van der Waals surface area contributed by atoms with E-state index in [0.717, 1.165) is 49.3 Å². The van der Waals surface area contributed by atoms with Crippen molar-refractivity contribution in [2.24, 2.45) is 11.8 Å². The first-order valence-corrected chi connectivity index (χ1v) is 11.3. The van der Waals surface area contributed by atoms with E-state index in [-0.39, 0.29) is 11.8 Å². The molecule has 2 fully saturated rings. The van der Waals surface area contributed by atoms with Crippen LogP contribution in [0.5, 0.6) is 0 Å². The Morgan fingerprint density at radius 2 is 1.88 bits per heavy atom. The molecular weight excluding hydrogens is 426 g/mol. The predicted molar refractivity (Wildman–Crippen MR) is 116 cm³/mol. The summed E-state index contributed by atoms with van der Waals surface area (Å²) in [6, 6.07) is 8.85. The van der Waals surface area contributed by atoms with Gasteiger partial charge >= 0.3 is 0 Å². The highest BCUT2D eigenvalue weighted by Crippen LogP contribution is 2.37. The van der Waals surface area contributed by atoms with Gasteiger partial charge in [-0.2, -0.15) is 5.26 Å². The Labute approximate surface area is 190 Å². The van der Waals surface area contributed by atoms with Gasteiger partial charge in [-0.25, -0.2) is 13.8 Å². The van der Waals surface area contributed by atoms with Crippen LogP contribution >= 0.6 is 0 Å². The molecule has 5 rings (SSSR count). The summed E-state index contributed by atoms with van der Waals surface area (Å²) < 4.78 is 29.5. The van der Waals surface area contributed by atoms with E-state index in [1.165, 1.54) is 17.2 Å². The average Bonchev–Trinajstić information content (AvgIpc) is 3.46. The summed E-state index contributed by atoms with van der Waals surface area (Å²) in [5.41, 5.74) is 2.78. The van der Waals surface area contributed by atoms with Crippen molar-refractivity contribution in [3.05, 3.63) is 65.5 Å². The molecule has 0 bridgehead atoms. The number of hydrogen-bond acceptors (Lipinski definition) is 4. The lowest BCUT2D eigenvalue weighted by Gasteiger charge is -2.32. The molecule has 33 heavy (non-hydrogen) atoms. The second-order valence-electron chi connectivity index (χ2n) is 8.93. The van der Waals surface area contributed by atoms with Crippen molar-refractivity contribution in [2.45, 2.75) is 44.7 Å². The van der Waals surface area contributed by atoms with Gasteiger partial charge in [-0.3, -0.25) is 14.6 Å². The van der Waals surface area contributed by atoms with Gasteiger partial charge in [-0.05, 0) is 61.4 Å². The van der Waals surface area contributed by atoms with Crippen LogP contribution in [0.15, 0.2) is 42.7 Å². The van der Waals surface area contributed by atoms with Crippen molar-refractivity contribution in [1.82, 2.24) is 14.6 Å². The number of carbonyl (C=O) groups is 1. The lowest BCUT2D eigenvalue weighted by atomic mass is 9.81. The van der Waals surface area contributed by atoms with Crippen molar-refractivity contribution in [3.63, 3.8) is 0 Å². The van der Waals surface area contributed by atoms with Gasteiger partial charge in [0.15, 0.2) is 0 Å². The normalized spacial score (nSPS) is 23.1. The number of rotatable bonds is 4. The zero-order valence-electron chi connectivity index (χ0n) is 18.1. The van der Waals surface area contributed by atoms with E-state index in [1.54, 1.807) is 6.20 Å². The maximum atomic E-state index is 13.7. The highest BCUT2D eigenvalue weighted by molar-refractivity contribution is 5.79. The molecule has 1 atom stereocenters. The van der Waals surface area contributed by atoms with E-state index < -0.39 is 17.7 Å². The molecule has 8 heteroatoms. The maximum Gasteiger partial charge on any atom is 0.249 e. The first kappa shape index (κ1) is 21.5. The first-order valence-electron chi connectivity index (χ1n) is 11.3. The molecule has 0 N–H and O–H groups in total. The number of nitrogens with zero attached hydrogens (tertiary/aromatic N) is 4. The van der Waals surface area contributed by atoms with Gasteiger partial charge in [0.25, 0.3) is 0 Å². The van der Waals surface area contributed by atoms with Crippen molar-refractivity contribution in [2.75, 3.05) is 6.61 Å². The minimum Gasteiger partial charge on any atom is -0.346 e. The van der Waals surface area contributed by atoms with Crippen molar-refractivity contribution >= 4 is 16.9 Å². The van der Waals surface area contributed by atoms with Crippen LogP contribution in [0.4, 0.5) is 8.78 Å². The lowest BCUT2D eigenvalue weighted by Crippen LogP contribution is -2.37. The van der Waals surface area contributed by atoms with Gasteiger partial charge in [0.05, 0.1) is 29.2 Å². The summed E-state index contributed by atoms with van der Waals surface area (Å²) in [5.74, 6) is -1.15. The molecule has 1 saturated carbocycles. The van der Waals surface area contributed by atoms with Crippen LogP contribution < -0.4 is 0 Å². The van der Waals surface area contributed by atoms with Crippen LogP contribution in [-0.2, 0) is 16.2 Å². The Balaban J connectivity index is 1.23. The molecule has 170 valence electrons. The fourth-order valence-electron chi connectivity index (χ4n) is 5.09. The van der Waals surface area contributed by atoms with Crippen molar-refractivity contribution in [3.8, 4) is 6.07 Å². The zero-order valence-corrected chi connectivity index (χ0v) is 18.1. The SMILES string of the molecule is N#Cc1cnc2ccn(C[C@H]3CC[C@H](C(=O)N4OCC[C@H]4c4cc(F)cc(F)c4)CC3)c2c1. The second-order valence-corrected chi connectivity index (χ2v) is 8.93. The number of benzene rings is 1. The molecule has 1 aliphatic carbocycles. The van der Waals surface area contributed by atoms with E-state index in [0.29, 0.717) is 30.1 Å². The average molecular weight is 450 g/mol. The van der Waals surface area contributed by atoms with E-state index in [1.807, 2.05) is 18.3 Å². The molecule has 1 aliphatic heterocycles. The topological polar surface area (TPSA) is 71.2 Å². The Morgan fingerprint density at radius 1 is 1.12 bits per heavy atom. The number of aromatic nitrogens is 2. The van der Waals surface area contributed by atoms with Gasteiger partial charge in [0.1, 0.15) is 17.7 Å². The molecule has 2 aromatic heterocycles. The number of pyridine rings is 1. The van der Waals surface area contributed by atoms with Gasteiger partial charge in [0, 0.05) is 37.3 Å². The minimum atomic E-state index is -0.653. The zero-order chi connectivity index (χ0) is 22.9. The Hall–Kier alpha value is -3.31. The largest absolute Gasteiger partial charge is 0.346 e. The van der Waals surface area contributed by atoms with Crippen LogP contribution in [0.3, 0.4) is 0 Å². The Bertz CT molecular complexity index is 1210. The third kappa shape index (κ3) is 4.33. The number of fused-ring (bicyclic) bond motifs is 1. The molecule has 3 aromatic rings. The molecule has 0 unspecified atom stereocenters. The minimum absolute atomic E-state index is 0.102. The number of nitriles is 1. The maximum absolute atomic E-state index is 13.7. The van der Waals surface area contributed by atoms with Crippen LogP contribution in [0.2, 0.25) is 0 Å². The molecule has 0 radical (unpaired) electrons. The summed E-state index contributed by atoms with van der Waals surface area (Å²) in [4.78, 5) is 23.1. The highest BCUT2D eigenvalue weighted by atomic mass is 19.1. The molecule has 1 saturated heterocycles. The first-order chi connectivity index (χ1) is 16.0. The summed E-state index contributed by atoms with van der Waals surface area (Å²) in [5, 5.41) is 10.5. The summed E-state index contributed by atoms with van der Waals surface area (Å²) in [6.45, 7) is 1.16. The van der Waals surface area contributed by atoms with Crippen LogP contribution in [0.1, 0.15) is 49.3 Å². The number of carbonyl (C=O) groups excluding carboxylic acids is 1. The van der Waals surface area contributed by atoms with E-state index >= 15 is 0 Å². The monoisotopic (exact) mass is 450 g/mol. The molecule has 3 heterocycles. The Morgan fingerprint density at radius 3 is 2.61 bits per heavy atom. The molecule has 0 spiro atoms. The standard InChI is InChI=1S/C25H24F2N4O2/c26-20-10-19(11-21(27)12-20)23-6-8-33-31(23)25(32)18-3-1-16(2-4-18)15-30-7-5-22-24(30)9-17(13-28)14-29-22/h5,7,9-12,14,16,18,23H,1-4,6,8,15H2/t16-,18-,23-/m0/s1. The fourth-order valence-corrected chi connectivity index (χ4v) is 5.09. The summed E-state index contributed by atoms with van der Waals surface area (Å²) >= 11 is 0. The molecule has 1 amide bonds. The number of halogens is 2. The van der Waals surface area contributed by atoms with Crippen LogP contribution in [0.25, 0.3) is 11.0 Å². The number of amides is 1. The highest BCUT2D eigenvalue weighted by Gasteiger charge is 2.37. The molecule has 1 aromatic carbocycles. The number of hydrogen-bond donors (Lipinski definition) is 0. The van der Waals surface area contributed by atoms with Gasteiger partial charge in [-0.1, -0.05) is 0 Å². The smallest absolute Gasteiger partial charge is 0.249 e.